The van der Waals surface area contributed by atoms with Crippen molar-refractivity contribution in [3.05, 3.63) is 51.1 Å². The molecule has 0 fully saturated rings. The molecule has 1 aromatic carbocycles. The lowest BCUT2D eigenvalue weighted by molar-refractivity contribution is -0.384. The molecule has 18 heavy (non-hydrogen) atoms. The second kappa shape index (κ2) is 5.59. The zero-order valence-electron chi connectivity index (χ0n) is 9.58. The first-order valence-electron chi connectivity index (χ1n) is 5.02. The molecule has 0 atom stereocenters. The molecule has 0 spiro atoms. The number of hydrogen-bond donors (Lipinski definition) is 1. The van der Waals surface area contributed by atoms with Gasteiger partial charge in [0.05, 0.1) is 4.92 Å². The Morgan fingerprint density at radius 2 is 2.00 bits per heavy atom. The molecular weight excluding hydrogens is 236 g/mol. The number of allylic oxidation sites excluding steroid dienone is 1. The van der Waals surface area contributed by atoms with Gasteiger partial charge in [0.25, 0.3) is 5.69 Å². The number of carboxylic acid groups (broad SMARTS) is 1. The number of hydrogen-bond acceptors (Lipinski definition) is 4. The third kappa shape index (κ3) is 3.15. The smallest absolute Gasteiger partial charge is 0.346 e. The first-order valence-corrected chi connectivity index (χ1v) is 5.02. The van der Waals surface area contributed by atoms with Crippen LogP contribution in [0.4, 0.5) is 5.69 Å². The van der Waals surface area contributed by atoms with Crippen LogP contribution in [0.2, 0.25) is 0 Å². The topological polar surface area (TPSA) is 104 Å². The standard InChI is InChI=1S/C12H10N2O4/c1-8(11(7-13)12(15)16)6-9-2-4-10(5-3-9)14(17)18/h2-5H,6H2,1H3,(H,15,16). The summed E-state index contributed by atoms with van der Waals surface area (Å²) in [5.74, 6) is -1.27. The van der Waals surface area contributed by atoms with Crippen molar-refractivity contribution in [3.8, 4) is 6.07 Å². The number of nitro groups is 1. The monoisotopic (exact) mass is 246 g/mol. The predicted molar refractivity (Wildman–Crippen MR) is 62.7 cm³/mol. The van der Waals surface area contributed by atoms with E-state index in [1.54, 1.807) is 25.1 Å². The highest BCUT2D eigenvalue weighted by Gasteiger charge is 2.11. The van der Waals surface area contributed by atoms with Crippen molar-refractivity contribution >= 4 is 11.7 Å². The van der Waals surface area contributed by atoms with Crippen LogP contribution in [0.5, 0.6) is 0 Å². The van der Waals surface area contributed by atoms with Gasteiger partial charge in [-0.15, -0.1) is 0 Å². The number of rotatable bonds is 4. The summed E-state index contributed by atoms with van der Waals surface area (Å²) in [7, 11) is 0. The Morgan fingerprint density at radius 1 is 1.44 bits per heavy atom. The summed E-state index contributed by atoms with van der Waals surface area (Å²) < 4.78 is 0. The number of nitro benzene ring substituents is 1. The van der Waals surface area contributed by atoms with Crippen molar-refractivity contribution < 1.29 is 14.8 Å². The van der Waals surface area contributed by atoms with E-state index < -0.39 is 10.9 Å². The third-order valence-electron chi connectivity index (χ3n) is 2.37. The van der Waals surface area contributed by atoms with Crippen LogP contribution in [0.1, 0.15) is 12.5 Å². The van der Waals surface area contributed by atoms with Crippen molar-refractivity contribution in [3.63, 3.8) is 0 Å². The fourth-order valence-corrected chi connectivity index (χ4v) is 1.46. The Hall–Kier alpha value is -2.68. The number of aliphatic carboxylic acids is 1. The Bertz CT molecular complexity index is 552. The van der Waals surface area contributed by atoms with Crippen molar-refractivity contribution in [1.29, 1.82) is 5.26 Å². The number of non-ortho nitro benzene ring substituents is 1. The molecule has 0 heterocycles. The molecule has 0 saturated carbocycles. The molecule has 0 aliphatic carbocycles. The molecule has 92 valence electrons. The van der Waals surface area contributed by atoms with Crippen molar-refractivity contribution in [1.82, 2.24) is 0 Å². The summed E-state index contributed by atoms with van der Waals surface area (Å²) >= 11 is 0. The number of carbonyl (C=O) groups is 1. The van der Waals surface area contributed by atoms with E-state index >= 15 is 0 Å². The average Bonchev–Trinajstić information content (AvgIpc) is 2.29. The van der Waals surface area contributed by atoms with Gasteiger partial charge < -0.3 is 5.11 Å². The second-order valence-corrected chi connectivity index (χ2v) is 3.67. The molecule has 0 saturated heterocycles. The molecule has 0 aromatic heterocycles. The van der Waals surface area contributed by atoms with Crippen molar-refractivity contribution in [2.75, 3.05) is 0 Å². The molecule has 1 N–H and O–H groups in total. The van der Waals surface area contributed by atoms with E-state index in [2.05, 4.69) is 0 Å². The van der Waals surface area contributed by atoms with Crippen molar-refractivity contribution in [2.45, 2.75) is 13.3 Å². The molecule has 0 aliphatic heterocycles. The molecule has 0 aliphatic rings. The largest absolute Gasteiger partial charge is 0.477 e. The molecule has 6 heteroatoms. The lowest BCUT2D eigenvalue weighted by Crippen LogP contribution is -2.03. The van der Waals surface area contributed by atoms with Gasteiger partial charge in [0, 0.05) is 12.1 Å². The minimum atomic E-state index is -1.27. The van der Waals surface area contributed by atoms with Gasteiger partial charge in [0.1, 0.15) is 11.6 Å². The average molecular weight is 246 g/mol. The van der Waals surface area contributed by atoms with E-state index in [1.165, 1.54) is 12.1 Å². The lowest BCUT2D eigenvalue weighted by atomic mass is 10.0. The molecular formula is C12H10N2O4. The highest BCUT2D eigenvalue weighted by molar-refractivity contribution is 5.91. The minimum absolute atomic E-state index is 0.0286. The maximum atomic E-state index is 10.7. The van der Waals surface area contributed by atoms with Gasteiger partial charge in [-0.05, 0) is 24.5 Å². The van der Waals surface area contributed by atoms with Gasteiger partial charge in [-0.1, -0.05) is 12.1 Å². The first kappa shape index (κ1) is 13.4. The highest BCUT2D eigenvalue weighted by Crippen LogP contribution is 2.16. The van der Waals surface area contributed by atoms with Crippen LogP contribution in [-0.2, 0) is 11.2 Å². The lowest BCUT2D eigenvalue weighted by Gasteiger charge is -2.02. The molecule has 0 amide bonds. The molecule has 1 rings (SSSR count). The van der Waals surface area contributed by atoms with Crippen LogP contribution in [0.3, 0.4) is 0 Å². The van der Waals surface area contributed by atoms with Crippen LogP contribution >= 0.6 is 0 Å². The van der Waals surface area contributed by atoms with E-state index in [-0.39, 0.29) is 17.7 Å². The summed E-state index contributed by atoms with van der Waals surface area (Å²) in [6, 6.07) is 7.39. The third-order valence-corrected chi connectivity index (χ3v) is 2.37. The molecule has 1 aromatic rings. The van der Waals surface area contributed by atoms with Gasteiger partial charge in [-0.25, -0.2) is 4.79 Å². The van der Waals surface area contributed by atoms with Gasteiger partial charge in [0.2, 0.25) is 0 Å². The number of carboxylic acids is 1. The quantitative estimate of drug-likeness (QED) is 0.379. The van der Waals surface area contributed by atoms with E-state index in [1.807, 2.05) is 0 Å². The van der Waals surface area contributed by atoms with Crippen LogP contribution in [-0.4, -0.2) is 16.0 Å². The Morgan fingerprint density at radius 3 is 2.39 bits per heavy atom. The van der Waals surface area contributed by atoms with Gasteiger partial charge in [-0.3, -0.25) is 10.1 Å². The van der Waals surface area contributed by atoms with Crippen LogP contribution < -0.4 is 0 Å². The summed E-state index contributed by atoms with van der Waals surface area (Å²) in [5.41, 5.74) is 0.804. The molecule has 6 nitrogen and oxygen atoms in total. The Labute approximate surface area is 103 Å². The van der Waals surface area contributed by atoms with Gasteiger partial charge in [0.15, 0.2) is 0 Å². The van der Waals surface area contributed by atoms with Crippen LogP contribution in [0, 0.1) is 21.4 Å². The SMILES string of the molecule is CC(Cc1ccc([N+](=O)[O-])cc1)=C(C#N)C(=O)O. The summed E-state index contributed by atoms with van der Waals surface area (Å²) in [4.78, 5) is 20.7. The highest BCUT2D eigenvalue weighted by atomic mass is 16.6. The second-order valence-electron chi connectivity index (χ2n) is 3.67. The summed E-state index contributed by atoms with van der Waals surface area (Å²) in [6.45, 7) is 1.55. The minimum Gasteiger partial charge on any atom is -0.477 e. The number of benzene rings is 1. The van der Waals surface area contributed by atoms with Crippen molar-refractivity contribution in [2.24, 2.45) is 0 Å². The molecule has 0 radical (unpaired) electrons. The maximum absolute atomic E-state index is 10.7. The van der Waals surface area contributed by atoms with Gasteiger partial charge in [-0.2, -0.15) is 5.26 Å². The summed E-state index contributed by atoms with van der Waals surface area (Å²) in [6.07, 6.45) is 0.271. The fraction of sp³-hybridized carbons (Fsp3) is 0.167. The number of nitrogens with zero attached hydrogens (tertiary/aromatic N) is 2. The maximum Gasteiger partial charge on any atom is 0.346 e. The Balaban J connectivity index is 2.95. The van der Waals surface area contributed by atoms with E-state index in [4.69, 9.17) is 10.4 Å². The van der Waals surface area contributed by atoms with Crippen LogP contribution in [0.25, 0.3) is 0 Å². The Kier molecular flexibility index (Phi) is 4.16. The zero-order valence-corrected chi connectivity index (χ0v) is 9.58. The van der Waals surface area contributed by atoms with E-state index in [0.29, 0.717) is 11.1 Å². The van der Waals surface area contributed by atoms with Gasteiger partial charge >= 0.3 is 5.97 Å². The molecule has 0 bridgehead atoms. The zero-order chi connectivity index (χ0) is 13.7. The van der Waals surface area contributed by atoms with E-state index in [9.17, 15) is 14.9 Å². The van der Waals surface area contributed by atoms with E-state index in [0.717, 1.165) is 0 Å². The first-order chi connectivity index (χ1) is 8.45. The van der Waals surface area contributed by atoms with Crippen LogP contribution in [0.15, 0.2) is 35.4 Å². The summed E-state index contributed by atoms with van der Waals surface area (Å²) in [5, 5.41) is 27.9. The number of nitriles is 1. The molecule has 0 unspecified atom stereocenters. The predicted octanol–water partition coefficient (Wildman–Crippen LogP) is 2.06. The normalized spacial score (nSPS) is 11.3. The fourth-order valence-electron chi connectivity index (χ4n) is 1.46.